The van der Waals surface area contributed by atoms with E-state index in [0.29, 0.717) is 5.41 Å². The average Bonchev–Trinajstić information content (AvgIpc) is 2.44. The fourth-order valence-corrected chi connectivity index (χ4v) is 3.53. The first-order valence-corrected chi connectivity index (χ1v) is 8.25. The fourth-order valence-electron chi connectivity index (χ4n) is 3.53. The Hall–Kier alpha value is -0.120. The lowest BCUT2D eigenvalue weighted by molar-refractivity contribution is 0.00392. The second kappa shape index (κ2) is 7.61. The molecule has 0 atom stereocenters. The number of rotatable bonds is 6. The third kappa shape index (κ3) is 4.73. The van der Waals surface area contributed by atoms with Crippen LogP contribution < -0.4 is 5.32 Å². The lowest BCUT2D eigenvalue weighted by Gasteiger charge is -2.44. The van der Waals surface area contributed by atoms with Crippen molar-refractivity contribution in [1.82, 2.24) is 10.2 Å². The molecule has 0 spiro atoms. The summed E-state index contributed by atoms with van der Waals surface area (Å²) in [7, 11) is 0. The molecular weight excluding hydrogens is 236 g/mol. The predicted molar refractivity (Wildman–Crippen MR) is 80.5 cm³/mol. The summed E-state index contributed by atoms with van der Waals surface area (Å²) in [6, 6.07) is 0. The summed E-state index contributed by atoms with van der Waals surface area (Å²) in [6.07, 6.45) is 6.88. The normalized spacial score (nSPS) is 33.5. The van der Waals surface area contributed by atoms with Crippen LogP contribution in [0.3, 0.4) is 0 Å². The number of hydrogen-bond donors (Lipinski definition) is 1. The average molecular weight is 268 g/mol. The van der Waals surface area contributed by atoms with E-state index in [1.165, 1.54) is 51.7 Å². The van der Waals surface area contributed by atoms with Crippen LogP contribution in [0, 0.1) is 11.3 Å². The Kier molecular flexibility index (Phi) is 6.11. The zero-order valence-corrected chi connectivity index (χ0v) is 12.9. The van der Waals surface area contributed by atoms with Crippen molar-refractivity contribution < 1.29 is 4.74 Å². The number of nitrogens with one attached hydrogen (secondary N) is 1. The number of morpholine rings is 1. The molecular formula is C16H32N2O. The molecule has 112 valence electrons. The molecule has 0 unspecified atom stereocenters. The van der Waals surface area contributed by atoms with E-state index in [1.54, 1.807) is 0 Å². The molecule has 2 rings (SSSR count). The summed E-state index contributed by atoms with van der Waals surface area (Å²) in [5.74, 6) is 0.934. The van der Waals surface area contributed by atoms with Crippen molar-refractivity contribution in [2.75, 3.05) is 45.9 Å². The van der Waals surface area contributed by atoms with Gasteiger partial charge in [-0.3, -0.25) is 4.90 Å². The molecule has 0 aromatic heterocycles. The highest BCUT2D eigenvalue weighted by Crippen LogP contribution is 2.39. The van der Waals surface area contributed by atoms with E-state index in [4.69, 9.17) is 4.74 Å². The van der Waals surface area contributed by atoms with Crippen molar-refractivity contribution in [3.05, 3.63) is 0 Å². The van der Waals surface area contributed by atoms with Gasteiger partial charge in [-0.05, 0) is 37.1 Å². The van der Waals surface area contributed by atoms with E-state index >= 15 is 0 Å². The molecule has 2 fully saturated rings. The van der Waals surface area contributed by atoms with Gasteiger partial charge in [0, 0.05) is 26.2 Å². The first-order valence-electron chi connectivity index (χ1n) is 8.25. The lowest BCUT2D eigenvalue weighted by Crippen LogP contribution is -2.49. The maximum atomic E-state index is 5.48. The van der Waals surface area contributed by atoms with Crippen molar-refractivity contribution in [3.8, 4) is 0 Å². The van der Waals surface area contributed by atoms with Gasteiger partial charge in [0.05, 0.1) is 13.2 Å². The van der Waals surface area contributed by atoms with E-state index in [0.717, 1.165) is 32.2 Å². The van der Waals surface area contributed by atoms with E-state index in [-0.39, 0.29) is 0 Å². The summed E-state index contributed by atoms with van der Waals surface area (Å²) < 4.78 is 5.48. The third-order valence-corrected chi connectivity index (χ3v) is 4.92. The van der Waals surface area contributed by atoms with Gasteiger partial charge in [-0.1, -0.05) is 26.7 Å². The molecule has 1 aliphatic heterocycles. The van der Waals surface area contributed by atoms with Gasteiger partial charge < -0.3 is 10.1 Å². The summed E-state index contributed by atoms with van der Waals surface area (Å²) >= 11 is 0. The molecule has 0 aromatic carbocycles. The summed E-state index contributed by atoms with van der Waals surface area (Å²) in [5, 5.41) is 3.69. The van der Waals surface area contributed by atoms with Crippen molar-refractivity contribution >= 4 is 0 Å². The van der Waals surface area contributed by atoms with Gasteiger partial charge in [0.25, 0.3) is 0 Å². The van der Waals surface area contributed by atoms with Crippen molar-refractivity contribution in [1.29, 1.82) is 0 Å². The standard InChI is InChI=1S/C16H32N2O/c1-3-8-17-13-16(6-4-15(2)5-7-16)14-18-9-11-19-12-10-18/h15,17H,3-14H2,1-2H3. The van der Waals surface area contributed by atoms with Crippen LogP contribution in [0.15, 0.2) is 0 Å². The molecule has 2 aliphatic rings. The Morgan fingerprint density at radius 1 is 1.21 bits per heavy atom. The van der Waals surface area contributed by atoms with Gasteiger partial charge in [-0.2, -0.15) is 0 Å². The highest BCUT2D eigenvalue weighted by atomic mass is 16.5. The van der Waals surface area contributed by atoms with Gasteiger partial charge in [-0.25, -0.2) is 0 Å². The molecule has 1 saturated heterocycles. The second-order valence-electron chi connectivity index (χ2n) is 6.75. The molecule has 1 aliphatic carbocycles. The van der Waals surface area contributed by atoms with Crippen LogP contribution in [-0.2, 0) is 4.74 Å². The van der Waals surface area contributed by atoms with E-state index in [9.17, 15) is 0 Å². The largest absolute Gasteiger partial charge is 0.379 e. The monoisotopic (exact) mass is 268 g/mol. The minimum atomic E-state index is 0.527. The molecule has 1 heterocycles. The van der Waals surface area contributed by atoms with Gasteiger partial charge in [0.2, 0.25) is 0 Å². The van der Waals surface area contributed by atoms with Crippen LogP contribution in [-0.4, -0.2) is 50.8 Å². The predicted octanol–water partition coefficient (Wildman–Crippen LogP) is 2.51. The second-order valence-corrected chi connectivity index (χ2v) is 6.75. The Morgan fingerprint density at radius 2 is 1.89 bits per heavy atom. The zero-order chi connectivity index (χ0) is 13.6. The van der Waals surface area contributed by atoms with Crippen molar-refractivity contribution in [2.45, 2.75) is 46.0 Å². The minimum absolute atomic E-state index is 0.527. The number of ether oxygens (including phenoxy) is 1. The minimum Gasteiger partial charge on any atom is -0.379 e. The molecule has 1 saturated carbocycles. The van der Waals surface area contributed by atoms with Gasteiger partial charge >= 0.3 is 0 Å². The summed E-state index contributed by atoms with van der Waals surface area (Å²) in [6.45, 7) is 12.4. The fraction of sp³-hybridized carbons (Fsp3) is 1.00. The van der Waals surface area contributed by atoms with E-state index < -0.39 is 0 Å². The van der Waals surface area contributed by atoms with E-state index in [2.05, 4.69) is 24.1 Å². The quantitative estimate of drug-likeness (QED) is 0.749. The van der Waals surface area contributed by atoms with Crippen LogP contribution in [0.25, 0.3) is 0 Å². The molecule has 0 radical (unpaired) electrons. The Balaban J connectivity index is 1.88. The first-order chi connectivity index (χ1) is 9.24. The molecule has 0 aromatic rings. The molecule has 3 nitrogen and oxygen atoms in total. The van der Waals surface area contributed by atoms with Gasteiger partial charge in [0.15, 0.2) is 0 Å². The summed E-state index contributed by atoms with van der Waals surface area (Å²) in [5.41, 5.74) is 0.527. The molecule has 19 heavy (non-hydrogen) atoms. The first kappa shape index (κ1) is 15.3. The van der Waals surface area contributed by atoms with Crippen LogP contribution in [0.5, 0.6) is 0 Å². The Bertz CT molecular complexity index is 243. The van der Waals surface area contributed by atoms with Crippen LogP contribution in [0.1, 0.15) is 46.0 Å². The zero-order valence-electron chi connectivity index (χ0n) is 12.9. The molecule has 0 amide bonds. The van der Waals surface area contributed by atoms with Crippen molar-refractivity contribution in [3.63, 3.8) is 0 Å². The molecule has 3 heteroatoms. The molecule has 1 N–H and O–H groups in total. The third-order valence-electron chi connectivity index (χ3n) is 4.92. The van der Waals surface area contributed by atoms with Gasteiger partial charge in [0.1, 0.15) is 0 Å². The maximum absolute atomic E-state index is 5.48. The lowest BCUT2D eigenvalue weighted by atomic mass is 9.70. The maximum Gasteiger partial charge on any atom is 0.0594 e. The number of nitrogens with zero attached hydrogens (tertiary/aromatic N) is 1. The summed E-state index contributed by atoms with van der Waals surface area (Å²) in [4.78, 5) is 2.63. The van der Waals surface area contributed by atoms with Crippen LogP contribution in [0.4, 0.5) is 0 Å². The van der Waals surface area contributed by atoms with Crippen LogP contribution in [0.2, 0.25) is 0 Å². The topological polar surface area (TPSA) is 24.5 Å². The van der Waals surface area contributed by atoms with Gasteiger partial charge in [-0.15, -0.1) is 0 Å². The van der Waals surface area contributed by atoms with Crippen LogP contribution >= 0.6 is 0 Å². The van der Waals surface area contributed by atoms with Crippen molar-refractivity contribution in [2.24, 2.45) is 11.3 Å². The highest BCUT2D eigenvalue weighted by Gasteiger charge is 2.35. The Morgan fingerprint density at radius 3 is 2.53 bits per heavy atom. The van der Waals surface area contributed by atoms with E-state index in [1.807, 2.05) is 0 Å². The molecule has 0 bridgehead atoms. The number of hydrogen-bond acceptors (Lipinski definition) is 3. The SMILES string of the molecule is CCCNCC1(CN2CCOCC2)CCC(C)CC1. The highest BCUT2D eigenvalue weighted by molar-refractivity contribution is 4.89. The smallest absolute Gasteiger partial charge is 0.0594 e. The Labute approximate surface area is 119 Å².